The molecule has 1 fully saturated rings. The van der Waals surface area contributed by atoms with E-state index in [1.807, 2.05) is 4.90 Å². The van der Waals surface area contributed by atoms with E-state index in [0.29, 0.717) is 0 Å². The fourth-order valence-electron chi connectivity index (χ4n) is 1.73. The van der Waals surface area contributed by atoms with Crippen LogP contribution in [-0.4, -0.2) is 54.7 Å². The van der Waals surface area contributed by atoms with Gasteiger partial charge in [-0.25, -0.2) is 0 Å². The molecule has 76 valence electrons. The third-order valence-corrected chi connectivity index (χ3v) is 2.59. The van der Waals surface area contributed by atoms with Crippen molar-refractivity contribution in [3.63, 3.8) is 0 Å². The number of hydrogen-bond donors (Lipinski definition) is 1. The minimum atomic E-state index is -0.333. The van der Waals surface area contributed by atoms with E-state index in [4.69, 9.17) is 9.84 Å². The van der Waals surface area contributed by atoms with Gasteiger partial charge < -0.3 is 9.84 Å². The van der Waals surface area contributed by atoms with Crippen molar-refractivity contribution in [2.24, 2.45) is 0 Å². The molecule has 1 N–H and O–H groups in total. The summed E-state index contributed by atoms with van der Waals surface area (Å²) in [5, 5.41) is 9.01. The molecule has 1 heterocycles. The van der Waals surface area contributed by atoms with Gasteiger partial charge in [-0.05, 0) is 13.3 Å². The lowest BCUT2D eigenvalue weighted by molar-refractivity contribution is -0.123. The number of methoxy groups -OCH3 is 1. The molecular formula is C9H17NO3. The second-order valence-electron chi connectivity index (χ2n) is 3.45. The number of rotatable bonds is 4. The van der Waals surface area contributed by atoms with Gasteiger partial charge in [0.1, 0.15) is 5.78 Å². The Balaban J connectivity index is 2.48. The molecule has 0 aromatic rings. The maximum Gasteiger partial charge on any atom is 0.149 e. The van der Waals surface area contributed by atoms with Crippen LogP contribution in [-0.2, 0) is 9.53 Å². The van der Waals surface area contributed by atoms with Crippen molar-refractivity contribution in [2.45, 2.75) is 25.5 Å². The minimum absolute atomic E-state index is 0.0271. The van der Waals surface area contributed by atoms with E-state index in [-0.39, 0.29) is 24.5 Å². The Labute approximate surface area is 78.5 Å². The average Bonchev–Trinajstić information content (AvgIpc) is 2.53. The number of aliphatic hydroxyl groups is 1. The van der Waals surface area contributed by atoms with E-state index in [1.165, 1.54) is 6.92 Å². The van der Waals surface area contributed by atoms with Gasteiger partial charge >= 0.3 is 0 Å². The molecule has 0 bridgehead atoms. The van der Waals surface area contributed by atoms with Crippen molar-refractivity contribution in [2.75, 3.05) is 26.8 Å². The molecular weight excluding hydrogens is 170 g/mol. The van der Waals surface area contributed by atoms with Crippen LogP contribution < -0.4 is 0 Å². The van der Waals surface area contributed by atoms with Crippen LogP contribution in [0.3, 0.4) is 0 Å². The smallest absolute Gasteiger partial charge is 0.149 e. The maximum atomic E-state index is 11.1. The highest BCUT2D eigenvalue weighted by Crippen LogP contribution is 2.15. The molecule has 0 aliphatic carbocycles. The molecule has 0 aromatic heterocycles. The summed E-state index contributed by atoms with van der Waals surface area (Å²) in [6, 6.07) is -0.333. The summed E-state index contributed by atoms with van der Waals surface area (Å²) in [6.45, 7) is 3.01. The topological polar surface area (TPSA) is 49.8 Å². The predicted molar refractivity (Wildman–Crippen MR) is 48.5 cm³/mol. The Bertz CT molecular complexity index is 184. The molecule has 1 unspecified atom stereocenters. The molecule has 2 atom stereocenters. The normalized spacial score (nSPS) is 26.2. The zero-order chi connectivity index (χ0) is 9.84. The number of hydrogen-bond acceptors (Lipinski definition) is 4. The van der Waals surface area contributed by atoms with E-state index >= 15 is 0 Å². The van der Waals surface area contributed by atoms with Crippen LogP contribution in [0.4, 0.5) is 0 Å². The van der Waals surface area contributed by atoms with Crippen molar-refractivity contribution in [1.82, 2.24) is 4.90 Å². The number of ketones is 1. The first-order valence-corrected chi connectivity index (χ1v) is 4.57. The van der Waals surface area contributed by atoms with Crippen molar-refractivity contribution in [3.05, 3.63) is 0 Å². The summed E-state index contributed by atoms with van der Waals surface area (Å²) in [5.74, 6) is 0.0271. The number of carbonyl (C=O) groups is 1. The van der Waals surface area contributed by atoms with Crippen molar-refractivity contribution in [3.8, 4) is 0 Å². The Morgan fingerprint density at radius 3 is 2.85 bits per heavy atom. The Hall–Kier alpha value is -0.450. The molecule has 1 saturated heterocycles. The third-order valence-electron chi connectivity index (χ3n) is 2.59. The molecule has 4 heteroatoms. The number of aliphatic hydroxyl groups excluding tert-OH is 1. The van der Waals surface area contributed by atoms with Gasteiger partial charge in [0.05, 0.1) is 18.8 Å². The SMILES string of the molecule is COC1CCN([C@@H](CO)C(C)=O)C1. The standard InChI is InChI=1S/C9H17NO3/c1-7(12)9(6-11)10-4-3-8(5-10)13-2/h8-9,11H,3-6H2,1-2H3/t8?,9-/m0/s1. The second-order valence-corrected chi connectivity index (χ2v) is 3.45. The Kier molecular flexibility index (Phi) is 3.84. The summed E-state index contributed by atoms with van der Waals surface area (Å²) in [7, 11) is 1.68. The Morgan fingerprint density at radius 2 is 2.46 bits per heavy atom. The second kappa shape index (κ2) is 4.69. The quantitative estimate of drug-likeness (QED) is 0.654. The van der Waals surface area contributed by atoms with E-state index < -0.39 is 0 Å². The van der Waals surface area contributed by atoms with Crippen LogP contribution in [0.2, 0.25) is 0 Å². The van der Waals surface area contributed by atoms with Crippen LogP contribution in [0.15, 0.2) is 0 Å². The molecule has 0 radical (unpaired) electrons. The molecule has 4 nitrogen and oxygen atoms in total. The van der Waals surface area contributed by atoms with Gasteiger partial charge in [0.2, 0.25) is 0 Å². The fourth-order valence-corrected chi connectivity index (χ4v) is 1.73. The summed E-state index contributed by atoms with van der Waals surface area (Å²) < 4.78 is 5.18. The van der Waals surface area contributed by atoms with Gasteiger partial charge in [0.15, 0.2) is 0 Å². The molecule has 1 aliphatic rings. The first-order chi connectivity index (χ1) is 6.19. The fraction of sp³-hybridized carbons (Fsp3) is 0.889. The monoisotopic (exact) mass is 187 g/mol. The average molecular weight is 187 g/mol. The van der Waals surface area contributed by atoms with Crippen LogP contribution in [0.5, 0.6) is 0 Å². The number of carbonyl (C=O) groups excluding carboxylic acids is 1. The zero-order valence-electron chi connectivity index (χ0n) is 8.19. The number of nitrogens with zero attached hydrogens (tertiary/aromatic N) is 1. The molecule has 0 amide bonds. The zero-order valence-corrected chi connectivity index (χ0v) is 8.19. The van der Waals surface area contributed by atoms with E-state index in [9.17, 15) is 4.79 Å². The lowest BCUT2D eigenvalue weighted by atomic mass is 10.2. The van der Waals surface area contributed by atoms with Crippen molar-refractivity contribution < 1.29 is 14.6 Å². The molecule has 0 aromatic carbocycles. The lowest BCUT2D eigenvalue weighted by Gasteiger charge is -2.23. The molecule has 13 heavy (non-hydrogen) atoms. The Morgan fingerprint density at radius 1 is 1.77 bits per heavy atom. The minimum Gasteiger partial charge on any atom is -0.394 e. The van der Waals surface area contributed by atoms with Gasteiger partial charge in [-0.3, -0.25) is 9.69 Å². The van der Waals surface area contributed by atoms with E-state index in [0.717, 1.165) is 19.5 Å². The third kappa shape index (κ3) is 2.49. The molecule has 0 spiro atoms. The highest BCUT2D eigenvalue weighted by atomic mass is 16.5. The van der Waals surface area contributed by atoms with Crippen LogP contribution in [0, 0.1) is 0 Å². The van der Waals surface area contributed by atoms with E-state index in [1.54, 1.807) is 7.11 Å². The predicted octanol–water partition coefficient (Wildman–Crippen LogP) is -0.343. The lowest BCUT2D eigenvalue weighted by Crippen LogP contribution is -2.41. The first-order valence-electron chi connectivity index (χ1n) is 4.57. The van der Waals surface area contributed by atoms with Gasteiger partial charge in [-0.1, -0.05) is 0 Å². The number of ether oxygens (including phenoxy) is 1. The summed E-state index contributed by atoms with van der Waals surface area (Å²) in [6.07, 6.45) is 1.16. The highest BCUT2D eigenvalue weighted by Gasteiger charge is 2.29. The van der Waals surface area contributed by atoms with Crippen molar-refractivity contribution in [1.29, 1.82) is 0 Å². The largest absolute Gasteiger partial charge is 0.394 e. The van der Waals surface area contributed by atoms with Gasteiger partial charge in [0, 0.05) is 20.2 Å². The summed E-state index contributed by atoms with van der Waals surface area (Å²) in [4.78, 5) is 13.1. The van der Waals surface area contributed by atoms with Crippen molar-refractivity contribution >= 4 is 5.78 Å². The highest BCUT2D eigenvalue weighted by molar-refractivity contribution is 5.81. The van der Waals surface area contributed by atoms with Crippen LogP contribution >= 0.6 is 0 Å². The number of likely N-dealkylation sites (tertiary alicyclic amines) is 1. The summed E-state index contributed by atoms with van der Waals surface area (Å²) >= 11 is 0. The summed E-state index contributed by atoms with van der Waals surface area (Å²) in [5.41, 5.74) is 0. The number of Topliss-reactive ketones (excluding diaryl/α,β-unsaturated/α-hetero) is 1. The van der Waals surface area contributed by atoms with Crippen LogP contribution in [0.1, 0.15) is 13.3 Å². The molecule has 1 aliphatic heterocycles. The van der Waals surface area contributed by atoms with Crippen LogP contribution in [0.25, 0.3) is 0 Å². The maximum absolute atomic E-state index is 11.1. The van der Waals surface area contributed by atoms with E-state index in [2.05, 4.69) is 0 Å². The van der Waals surface area contributed by atoms with Gasteiger partial charge in [-0.15, -0.1) is 0 Å². The molecule has 0 saturated carbocycles. The first kappa shape index (κ1) is 10.6. The van der Waals surface area contributed by atoms with Gasteiger partial charge in [-0.2, -0.15) is 0 Å². The van der Waals surface area contributed by atoms with Gasteiger partial charge in [0.25, 0.3) is 0 Å². The molecule has 1 rings (SSSR count).